The predicted molar refractivity (Wildman–Crippen MR) is 107 cm³/mol. The first-order valence-corrected chi connectivity index (χ1v) is 11.2. The summed E-state index contributed by atoms with van der Waals surface area (Å²) in [6.45, 7) is 1.91. The zero-order chi connectivity index (χ0) is 18.6. The molecule has 3 aromatic rings. The largest absolute Gasteiger partial charge is 0.340 e. The Bertz CT molecular complexity index is 988. The molecule has 0 fully saturated rings. The van der Waals surface area contributed by atoms with Crippen LogP contribution in [0.25, 0.3) is 0 Å². The minimum Gasteiger partial charge on any atom is -0.340 e. The first-order chi connectivity index (χ1) is 12.5. The Balaban J connectivity index is 2.30. The summed E-state index contributed by atoms with van der Waals surface area (Å²) in [6.07, 6.45) is 0. The van der Waals surface area contributed by atoms with Crippen molar-refractivity contribution >= 4 is 27.9 Å². The monoisotopic (exact) mass is 385 g/mol. The first kappa shape index (κ1) is 18.6. The van der Waals surface area contributed by atoms with Crippen LogP contribution in [-0.4, -0.2) is 15.5 Å². The Morgan fingerprint density at radius 2 is 1.23 bits per heavy atom. The zero-order valence-corrected chi connectivity index (χ0v) is 16.3. The molecule has 0 aliphatic carbocycles. The van der Waals surface area contributed by atoms with E-state index in [1.54, 1.807) is 24.3 Å². The van der Waals surface area contributed by atoms with Crippen molar-refractivity contribution in [2.75, 3.05) is 7.11 Å². The van der Waals surface area contributed by atoms with E-state index in [1.807, 2.05) is 67.6 Å². The molecule has 3 rings (SSSR count). The molecule has 0 atom stereocenters. The van der Waals surface area contributed by atoms with Crippen LogP contribution in [-0.2, 0) is 14.5 Å². The van der Waals surface area contributed by atoms with Gasteiger partial charge in [0.05, 0.1) is 4.90 Å². The Morgan fingerprint density at radius 3 is 1.65 bits per heavy atom. The maximum Gasteiger partial charge on any atom is 0.283 e. The van der Waals surface area contributed by atoms with Crippen LogP contribution in [0.1, 0.15) is 5.56 Å². The molecule has 0 spiro atoms. The third kappa shape index (κ3) is 3.65. The first-order valence-electron chi connectivity index (χ1n) is 8.10. The summed E-state index contributed by atoms with van der Waals surface area (Å²) in [4.78, 5) is 0.163. The van der Waals surface area contributed by atoms with Crippen LogP contribution >= 0.6 is 7.28 Å². The molecule has 0 aliphatic heterocycles. The van der Waals surface area contributed by atoms with Crippen LogP contribution in [0.15, 0.2) is 94.0 Å². The number of benzene rings is 3. The number of sulfonamides is 1. The fourth-order valence-corrected chi connectivity index (χ4v) is 7.62. The number of hydrogen-bond donors (Lipinski definition) is 0. The Morgan fingerprint density at radius 1 is 0.769 bits per heavy atom. The minimum atomic E-state index is -3.89. The van der Waals surface area contributed by atoms with E-state index in [1.165, 1.54) is 7.11 Å². The molecule has 3 aromatic carbocycles. The van der Waals surface area contributed by atoms with Crippen molar-refractivity contribution in [2.45, 2.75) is 11.8 Å². The van der Waals surface area contributed by atoms with Crippen molar-refractivity contribution in [3.63, 3.8) is 0 Å². The molecule has 0 saturated heterocycles. The predicted octanol–water partition coefficient (Wildman–Crippen LogP) is 4.10. The van der Waals surface area contributed by atoms with Gasteiger partial charge in [-0.2, -0.15) is 8.42 Å². The maximum absolute atomic E-state index is 13.0. The normalized spacial score (nSPS) is 11.9. The van der Waals surface area contributed by atoms with Gasteiger partial charge in [0.15, 0.2) is 7.28 Å². The highest BCUT2D eigenvalue weighted by Gasteiger charge is 2.29. The quantitative estimate of drug-likeness (QED) is 0.622. The molecular formula is C20H20NO3PS. The van der Waals surface area contributed by atoms with Gasteiger partial charge in [0, 0.05) is 17.7 Å². The minimum absolute atomic E-state index is 0.163. The van der Waals surface area contributed by atoms with Crippen LogP contribution in [0.5, 0.6) is 0 Å². The van der Waals surface area contributed by atoms with Gasteiger partial charge in [-0.25, -0.2) is 0 Å². The van der Waals surface area contributed by atoms with Crippen molar-refractivity contribution in [3.05, 3.63) is 90.5 Å². The van der Waals surface area contributed by atoms with E-state index in [0.717, 1.165) is 16.2 Å². The standard InChI is InChI=1S/C20H20NO3PS/c1-17-13-15-20(16-14-17)26(22,23)21-25(24-2,18-9-5-3-6-10-18)19-11-7-4-8-12-19/h3-16H,1-2H3. The number of rotatable bonds is 5. The Hall–Kier alpha value is -2.20. The van der Waals surface area contributed by atoms with Gasteiger partial charge in [0.1, 0.15) is 0 Å². The van der Waals surface area contributed by atoms with E-state index >= 15 is 0 Å². The van der Waals surface area contributed by atoms with Crippen molar-refractivity contribution in [1.29, 1.82) is 0 Å². The van der Waals surface area contributed by atoms with E-state index < -0.39 is 17.3 Å². The molecule has 0 aliphatic rings. The van der Waals surface area contributed by atoms with Gasteiger partial charge in [0.25, 0.3) is 10.0 Å². The summed E-state index contributed by atoms with van der Waals surface area (Å²) in [7, 11) is -5.32. The number of nitrogens with zero attached hydrogens (tertiary/aromatic N) is 1. The third-order valence-corrected chi connectivity index (χ3v) is 9.19. The molecule has 0 heterocycles. The van der Waals surface area contributed by atoms with Crippen molar-refractivity contribution in [3.8, 4) is 0 Å². The van der Waals surface area contributed by atoms with E-state index in [-0.39, 0.29) is 4.90 Å². The molecule has 0 saturated carbocycles. The van der Waals surface area contributed by atoms with Gasteiger partial charge in [0.2, 0.25) is 0 Å². The molecule has 4 nitrogen and oxygen atoms in total. The molecule has 0 amide bonds. The van der Waals surface area contributed by atoms with E-state index in [4.69, 9.17) is 4.52 Å². The SMILES string of the molecule is COP(=NS(=O)(=O)c1ccc(C)cc1)(c1ccccc1)c1ccccc1. The lowest BCUT2D eigenvalue weighted by Crippen LogP contribution is -2.18. The van der Waals surface area contributed by atoms with Crippen LogP contribution < -0.4 is 10.6 Å². The van der Waals surface area contributed by atoms with E-state index in [0.29, 0.717) is 0 Å². The second-order valence-electron chi connectivity index (χ2n) is 5.80. The highest BCUT2D eigenvalue weighted by atomic mass is 32.2. The van der Waals surface area contributed by atoms with Gasteiger partial charge >= 0.3 is 0 Å². The lowest BCUT2D eigenvalue weighted by atomic mass is 10.2. The van der Waals surface area contributed by atoms with Crippen LogP contribution in [0.4, 0.5) is 0 Å². The molecular weight excluding hydrogens is 365 g/mol. The fraction of sp³-hybridized carbons (Fsp3) is 0.100. The van der Waals surface area contributed by atoms with Gasteiger partial charge in [-0.1, -0.05) is 78.4 Å². The number of hydrogen-bond acceptors (Lipinski definition) is 3. The van der Waals surface area contributed by atoms with Crippen LogP contribution in [0.3, 0.4) is 0 Å². The van der Waals surface area contributed by atoms with E-state index in [2.05, 4.69) is 4.15 Å². The molecule has 0 N–H and O–H groups in total. The molecule has 134 valence electrons. The summed E-state index contributed by atoms with van der Waals surface area (Å²) < 4.78 is 36.3. The van der Waals surface area contributed by atoms with E-state index in [9.17, 15) is 8.42 Å². The van der Waals surface area contributed by atoms with Crippen LogP contribution in [0.2, 0.25) is 0 Å². The highest BCUT2D eigenvalue weighted by Crippen LogP contribution is 2.49. The van der Waals surface area contributed by atoms with Gasteiger partial charge in [-0.3, -0.25) is 0 Å². The van der Waals surface area contributed by atoms with Gasteiger partial charge < -0.3 is 4.52 Å². The van der Waals surface area contributed by atoms with Crippen molar-refractivity contribution in [2.24, 2.45) is 4.15 Å². The Labute approximate surface area is 154 Å². The smallest absolute Gasteiger partial charge is 0.283 e. The molecule has 0 radical (unpaired) electrons. The molecule has 26 heavy (non-hydrogen) atoms. The zero-order valence-electron chi connectivity index (χ0n) is 14.6. The second kappa shape index (κ2) is 7.58. The average Bonchev–Trinajstić information content (AvgIpc) is 2.68. The molecule has 0 bridgehead atoms. The summed E-state index contributed by atoms with van der Waals surface area (Å²) >= 11 is 0. The molecule has 0 unspecified atom stereocenters. The molecule has 0 aromatic heterocycles. The van der Waals surface area contributed by atoms with Gasteiger partial charge in [-0.15, -0.1) is 4.15 Å². The lowest BCUT2D eigenvalue weighted by Gasteiger charge is -2.23. The fourth-order valence-electron chi connectivity index (χ4n) is 2.66. The highest BCUT2D eigenvalue weighted by molar-refractivity contribution is 7.96. The van der Waals surface area contributed by atoms with Crippen molar-refractivity contribution in [1.82, 2.24) is 0 Å². The lowest BCUT2D eigenvalue weighted by molar-refractivity contribution is 0.466. The second-order valence-corrected chi connectivity index (χ2v) is 10.4. The summed E-state index contributed by atoms with van der Waals surface area (Å²) in [5.74, 6) is 0. The summed E-state index contributed by atoms with van der Waals surface area (Å²) in [6, 6.07) is 25.3. The van der Waals surface area contributed by atoms with Crippen molar-refractivity contribution < 1.29 is 12.9 Å². The van der Waals surface area contributed by atoms with Gasteiger partial charge in [-0.05, 0) is 19.1 Å². The Kier molecular flexibility index (Phi) is 5.42. The topological polar surface area (TPSA) is 55.7 Å². The molecule has 6 heteroatoms. The van der Waals surface area contributed by atoms with Crippen LogP contribution in [0, 0.1) is 6.92 Å². The third-order valence-electron chi connectivity index (χ3n) is 4.02. The summed E-state index contributed by atoms with van der Waals surface area (Å²) in [5.41, 5.74) is 0.989. The number of aryl methyl sites for hydroxylation is 1. The summed E-state index contributed by atoms with van der Waals surface area (Å²) in [5, 5.41) is 1.51. The average molecular weight is 385 g/mol. The maximum atomic E-state index is 13.0.